The third kappa shape index (κ3) is 4.59. The van der Waals surface area contributed by atoms with Crippen molar-refractivity contribution in [3.05, 3.63) is 89.3 Å². The van der Waals surface area contributed by atoms with E-state index in [1.54, 1.807) is 48.7 Å². The lowest BCUT2D eigenvalue weighted by atomic mass is 10.0. The topological polar surface area (TPSA) is 64.1 Å². The summed E-state index contributed by atoms with van der Waals surface area (Å²) in [5.41, 5.74) is -0.728. The van der Waals surface area contributed by atoms with Crippen LogP contribution in [0.3, 0.4) is 0 Å². The second kappa shape index (κ2) is 8.23. The Morgan fingerprint density at radius 1 is 1.03 bits per heavy atom. The molecule has 4 aromatic rings. The summed E-state index contributed by atoms with van der Waals surface area (Å²) in [4.78, 5) is 20.6. The number of nitrogens with zero attached hydrogens (tertiary/aromatic N) is 2. The van der Waals surface area contributed by atoms with Gasteiger partial charge in [-0.25, -0.2) is 9.97 Å². The molecule has 0 saturated heterocycles. The molecule has 156 valence electrons. The summed E-state index contributed by atoms with van der Waals surface area (Å²) in [6, 6.07) is 15.0. The molecule has 3 aromatic carbocycles. The summed E-state index contributed by atoms with van der Waals surface area (Å²) in [5.74, 6) is 0.327. The molecule has 0 saturated carbocycles. The minimum absolute atomic E-state index is 0.0116. The molecular weight excluding hydrogens is 431 g/mol. The Bertz CT molecular complexity index is 1260. The summed E-state index contributed by atoms with van der Waals surface area (Å²) in [5, 5.41) is 3.39. The van der Waals surface area contributed by atoms with E-state index in [4.69, 9.17) is 16.3 Å². The van der Waals surface area contributed by atoms with Gasteiger partial charge in [-0.3, -0.25) is 4.79 Å². The van der Waals surface area contributed by atoms with Crippen LogP contribution in [-0.2, 0) is 6.18 Å². The Morgan fingerprint density at radius 3 is 2.61 bits per heavy atom. The van der Waals surface area contributed by atoms with Crippen LogP contribution in [0, 0.1) is 0 Å². The van der Waals surface area contributed by atoms with Gasteiger partial charge in [-0.1, -0.05) is 23.7 Å². The third-order valence-electron chi connectivity index (χ3n) is 4.40. The molecule has 31 heavy (non-hydrogen) atoms. The molecule has 0 bridgehead atoms. The first-order chi connectivity index (χ1) is 14.8. The van der Waals surface area contributed by atoms with E-state index >= 15 is 0 Å². The number of fused-ring (bicyclic) bond motifs is 1. The van der Waals surface area contributed by atoms with Crippen LogP contribution >= 0.6 is 11.6 Å². The zero-order valence-electron chi connectivity index (χ0n) is 15.7. The van der Waals surface area contributed by atoms with Crippen LogP contribution in [0.4, 0.5) is 18.9 Å². The third-order valence-corrected chi connectivity index (χ3v) is 4.73. The van der Waals surface area contributed by atoms with Gasteiger partial charge in [0, 0.05) is 23.5 Å². The summed E-state index contributed by atoms with van der Waals surface area (Å²) in [7, 11) is 0. The Kier molecular flexibility index (Phi) is 5.48. The van der Waals surface area contributed by atoms with Crippen LogP contribution < -0.4 is 10.1 Å². The van der Waals surface area contributed by atoms with E-state index in [1.807, 2.05) is 0 Å². The van der Waals surface area contributed by atoms with Crippen molar-refractivity contribution in [1.29, 1.82) is 0 Å². The molecule has 0 aliphatic rings. The lowest BCUT2D eigenvalue weighted by molar-refractivity contribution is -0.137. The molecule has 1 aromatic heterocycles. The van der Waals surface area contributed by atoms with Crippen molar-refractivity contribution < 1.29 is 22.7 Å². The smallest absolute Gasteiger partial charge is 0.417 e. The highest BCUT2D eigenvalue weighted by Gasteiger charge is 2.33. The molecular formula is C22H13ClF3N3O2. The van der Waals surface area contributed by atoms with Crippen molar-refractivity contribution in [1.82, 2.24) is 9.97 Å². The van der Waals surface area contributed by atoms with E-state index in [1.165, 1.54) is 12.4 Å². The first-order valence-corrected chi connectivity index (χ1v) is 9.34. The number of halogens is 4. The maximum atomic E-state index is 13.1. The number of benzene rings is 3. The molecule has 9 heteroatoms. The number of hydrogen-bond donors (Lipinski definition) is 1. The van der Waals surface area contributed by atoms with Gasteiger partial charge in [-0.2, -0.15) is 13.2 Å². The highest BCUT2D eigenvalue weighted by molar-refractivity contribution is 6.31. The monoisotopic (exact) mass is 443 g/mol. The molecule has 0 atom stereocenters. The van der Waals surface area contributed by atoms with E-state index in [-0.39, 0.29) is 5.69 Å². The van der Waals surface area contributed by atoms with Crippen LogP contribution in [-0.4, -0.2) is 15.9 Å². The first kappa shape index (κ1) is 20.6. The SMILES string of the molecule is O=C(Nc1ccc(Cl)c(C(F)(F)F)c1)c1cccc2cc(Oc3ccncn3)ccc12. The zero-order chi connectivity index (χ0) is 22.0. The largest absolute Gasteiger partial charge is 0.439 e. The molecule has 5 nitrogen and oxygen atoms in total. The fourth-order valence-electron chi connectivity index (χ4n) is 3.00. The Labute approximate surface area is 179 Å². The minimum Gasteiger partial charge on any atom is -0.439 e. The molecule has 4 rings (SSSR count). The van der Waals surface area contributed by atoms with Crippen molar-refractivity contribution >= 4 is 34.0 Å². The zero-order valence-corrected chi connectivity index (χ0v) is 16.4. The van der Waals surface area contributed by atoms with Gasteiger partial charge in [0.05, 0.1) is 10.6 Å². The molecule has 0 fully saturated rings. The number of carbonyl (C=O) groups is 1. The van der Waals surface area contributed by atoms with Crippen molar-refractivity contribution in [2.75, 3.05) is 5.32 Å². The van der Waals surface area contributed by atoms with Gasteiger partial charge in [-0.15, -0.1) is 0 Å². The van der Waals surface area contributed by atoms with Crippen LogP contribution in [0.5, 0.6) is 11.6 Å². The van der Waals surface area contributed by atoms with Crippen LogP contribution in [0.1, 0.15) is 15.9 Å². The van der Waals surface area contributed by atoms with Crippen molar-refractivity contribution in [2.24, 2.45) is 0 Å². The Hall–Kier alpha value is -3.65. The van der Waals surface area contributed by atoms with Gasteiger partial charge >= 0.3 is 6.18 Å². The van der Waals surface area contributed by atoms with Gasteiger partial charge < -0.3 is 10.1 Å². The molecule has 0 aliphatic heterocycles. The van der Waals surface area contributed by atoms with E-state index < -0.39 is 22.7 Å². The second-order valence-corrected chi connectivity index (χ2v) is 6.89. The number of ether oxygens (including phenoxy) is 1. The van der Waals surface area contributed by atoms with Crippen molar-refractivity contribution in [2.45, 2.75) is 6.18 Å². The quantitative estimate of drug-likeness (QED) is 0.399. The lowest BCUT2D eigenvalue weighted by Crippen LogP contribution is -2.14. The maximum Gasteiger partial charge on any atom is 0.417 e. The van der Waals surface area contributed by atoms with Crippen LogP contribution in [0.2, 0.25) is 5.02 Å². The maximum absolute atomic E-state index is 13.1. The standard InChI is InChI=1S/C22H13ClF3N3O2/c23-19-7-4-14(11-18(19)22(24,25)26)29-21(30)17-3-1-2-13-10-15(5-6-16(13)17)31-20-8-9-27-12-28-20/h1-12H,(H,29,30). The number of carbonyl (C=O) groups excluding carboxylic acids is 1. The average molecular weight is 444 g/mol. The highest BCUT2D eigenvalue weighted by Crippen LogP contribution is 2.36. The minimum atomic E-state index is -4.63. The van der Waals surface area contributed by atoms with Crippen LogP contribution in [0.25, 0.3) is 10.8 Å². The summed E-state index contributed by atoms with van der Waals surface area (Å²) >= 11 is 5.63. The number of alkyl halides is 3. The number of hydrogen-bond acceptors (Lipinski definition) is 4. The predicted molar refractivity (Wildman–Crippen MR) is 110 cm³/mol. The molecule has 1 amide bonds. The molecule has 0 unspecified atom stereocenters. The van der Waals surface area contributed by atoms with Gasteiger partial charge in [0.1, 0.15) is 12.1 Å². The molecule has 0 radical (unpaired) electrons. The van der Waals surface area contributed by atoms with E-state index in [0.29, 0.717) is 28.0 Å². The number of nitrogens with one attached hydrogen (secondary N) is 1. The van der Waals surface area contributed by atoms with E-state index in [0.717, 1.165) is 12.1 Å². The first-order valence-electron chi connectivity index (χ1n) is 8.96. The number of aromatic nitrogens is 2. The highest BCUT2D eigenvalue weighted by atomic mass is 35.5. The van der Waals surface area contributed by atoms with E-state index in [9.17, 15) is 18.0 Å². The Balaban J connectivity index is 1.61. The molecule has 0 aliphatic carbocycles. The van der Waals surface area contributed by atoms with Crippen molar-refractivity contribution in [3.8, 4) is 11.6 Å². The Morgan fingerprint density at radius 2 is 1.87 bits per heavy atom. The number of amides is 1. The van der Waals surface area contributed by atoms with Gasteiger partial charge in [0.15, 0.2) is 0 Å². The fraction of sp³-hybridized carbons (Fsp3) is 0.0455. The second-order valence-electron chi connectivity index (χ2n) is 6.48. The number of anilines is 1. The van der Waals surface area contributed by atoms with Gasteiger partial charge in [0.25, 0.3) is 5.91 Å². The van der Waals surface area contributed by atoms with Gasteiger partial charge in [0.2, 0.25) is 5.88 Å². The fourth-order valence-corrected chi connectivity index (χ4v) is 3.23. The molecule has 1 heterocycles. The van der Waals surface area contributed by atoms with E-state index in [2.05, 4.69) is 15.3 Å². The predicted octanol–water partition coefficient (Wildman–Crippen LogP) is 6.35. The summed E-state index contributed by atoms with van der Waals surface area (Å²) in [6.45, 7) is 0. The molecule has 1 N–H and O–H groups in total. The average Bonchev–Trinajstić information content (AvgIpc) is 2.74. The van der Waals surface area contributed by atoms with Gasteiger partial charge in [-0.05, 0) is 53.2 Å². The molecule has 0 spiro atoms. The number of rotatable bonds is 4. The normalized spacial score (nSPS) is 11.4. The van der Waals surface area contributed by atoms with Crippen molar-refractivity contribution in [3.63, 3.8) is 0 Å². The summed E-state index contributed by atoms with van der Waals surface area (Å²) < 4.78 is 44.9. The summed E-state index contributed by atoms with van der Waals surface area (Å²) in [6.07, 6.45) is -1.72. The van der Waals surface area contributed by atoms with Crippen LogP contribution in [0.15, 0.2) is 73.2 Å². The lowest BCUT2D eigenvalue weighted by Gasteiger charge is -2.13.